The molecule has 0 fully saturated rings. The van der Waals surface area contributed by atoms with Crippen molar-refractivity contribution in [3.63, 3.8) is 0 Å². The van der Waals surface area contributed by atoms with Crippen LogP contribution in [0.2, 0.25) is 0 Å². The first-order chi connectivity index (χ1) is 14.1. The number of sulfonamides is 1. The summed E-state index contributed by atoms with van der Waals surface area (Å²) in [6.07, 6.45) is 0.982. The minimum atomic E-state index is -3.76. The summed E-state index contributed by atoms with van der Waals surface area (Å²) in [5.41, 5.74) is 2.03. The number of amides is 1. The van der Waals surface area contributed by atoms with E-state index in [9.17, 15) is 17.6 Å². The fourth-order valence-corrected chi connectivity index (χ4v) is 3.61. The van der Waals surface area contributed by atoms with Crippen LogP contribution in [0.4, 0.5) is 10.1 Å². The van der Waals surface area contributed by atoms with E-state index in [0.29, 0.717) is 5.82 Å². The molecule has 3 rings (SSSR count). The van der Waals surface area contributed by atoms with Gasteiger partial charge in [0.15, 0.2) is 0 Å². The van der Waals surface area contributed by atoms with Crippen molar-refractivity contribution in [3.05, 3.63) is 65.8 Å². The van der Waals surface area contributed by atoms with Gasteiger partial charge < -0.3 is 9.42 Å². The fourth-order valence-electron chi connectivity index (χ4n) is 2.76. The first kappa shape index (κ1) is 21.4. The van der Waals surface area contributed by atoms with Crippen molar-refractivity contribution in [3.8, 4) is 11.4 Å². The van der Waals surface area contributed by atoms with Crippen molar-refractivity contribution in [2.24, 2.45) is 0 Å². The lowest BCUT2D eigenvalue weighted by Gasteiger charge is -2.24. The lowest BCUT2D eigenvalue weighted by Crippen LogP contribution is -2.41. The molecule has 10 heteroatoms. The van der Waals surface area contributed by atoms with Gasteiger partial charge in [0.1, 0.15) is 12.4 Å². The zero-order chi connectivity index (χ0) is 21.9. The Morgan fingerprint density at radius 1 is 1.17 bits per heavy atom. The van der Waals surface area contributed by atoms with Crippen LogP contribution in [0.25, 0.3) is 11.4 Å². The van der Waals surface area contributed by atoms with E-state index in [1.54, 1.807) is 0 Å². The Hall–Kier alpha value is -3.27. The summed E-state index contributed by atoms with van der Waals surface area (Å²) in [6.45, 7) is 1.52. The number of likely N-dealkylation sites (N-methyl/N-ethyl adjacent to an activating group) is 1. The maximum Gasteiger partial charge on any atom is 0.246 e. The molecular formula is C20H21FN4O4S. The van der Waals surface area contributed by atoms with Crippen molar-refractivity contribution < 1.29 is 22.1 Å². The number of aromatic nitrogens is 2. The molecule has 0 N–H and O–H groups in total. The van der Waals surface area contributed by atoms with Gasteiger partial charge in [0, 0.05) is 12.6 Å². The van der Waals surface area contributed by atoms with E-state index in [1.165, 1.54) is 24.1 Å². The Kier molecular flexibility index (Phi) is 6.16. The van der Waals surface area contributed by atoms with E-state index in [2.05, 4.69) is 10.1 Å². The standard InChI is InChI=1S/C20H21FN4O4S/c1-14-5-4-6-15(11-14)20-22-18(29-23-20)12-24(2)19(26)13-25(30(3,27)28)17-9-7-16(21)8-10-17/h4-11H,12-13H2,1-3H3. The van der Waals surface area contributed by atoms with Gasteiger partial charge in [-0.1, -0.05) is 28.9 Å². The number of benzene rings is 2. The van der Waals surface area contributed by atoms with E-state index in [4.69, 9.17) is 4.52 Å². The van der Waals surface area contributed by atoms with E-state index in [1.807, 2.05) is 31.2 Å². The normalized spacial score (nSPS) is 11.3. The number of nitrogens with zero attached hydrogens (tertiary/aromatic N) is 4. The predicted molar refractivity (Wildman–Crippen MR) is 110 cm³/mol. The van der Waals surface area contributed by atoms with Crippen LogP contribution in [0.1, 0.15) is 11.5 Å². The summed E-state index contributed by atoms with van der Waals surface area (Å²) in [6, 6.07) is 12.5. The summed E-state index contributed by atoms with van der Waals surface area (Å²) in [7, 11) is -2.25. The van der Waals surface area contributed by atoms with Gasteiger partial charge in [0.25, 0.3) is 0 Å². The Balaban J connectivity index is 1.71. The van der Waals surface area contributed by atoms with Crippen LogP contribution in [0.5, 0.6) is 0 Å². The smallest absolute Gasteiger partial charge is 0.246 e. The zero-order valence-electron chi connectivity index (χ0n) is 16.7. The van der Waals surface area contributed by atoms with Crippen LogP contribution in [0.3, 0.4) is 0 Å². The number of carbonyl (C=O) groups is 1. The van der Waals surface area contributed by atoms with Gasteiger partial charge in [-0.15, -0.1) is 0 Å². The molecule has 0 spiro atoms. The van der Waals surface area contributed by atoms with Crippen molar-refractivity contribution in [2.75, 3.05) is 24.2 Å². The molecular weight excluding hydrogens is 411 g/mol. The number of carbonyl (C=O) groups excluding carboxylic acids is 1. The number of rotatable bonds is 7. The predicted octanol–water partition coefficient (Wildman–Crippen LogP) is 2.61. The highest BCUT2D eigenvalue weighted by Crippen LogP contribution is 2.19. The van der Waals surface area contributed by atoms with E-state index >= 15 is 0 Å². The van der Waals surface area contributed by atoms with Crippen molar-refractivity contribution in [1.82, 2.24) is 15.0 Å². The quantitative estimate of drug-likeness (QED) is 0.569. The lowest BCUT2D eigenvalue weighted by molar-refractivity contribution is -0.129. The molecule has 0 atom stereocenters. The average Bonchev–Trinajstić information content (AvgIpc) is 3.14. The maximum atomic E-state index is 13.2. The highest BCUT2D eigenvalue weighted by Gasteiger charge is 2.24. The third kappa shape index (κ3) is 5.20. The Bertz CT molecular complexity index is 1150. The molecule has 30 heavy (non-hydrogen) atoms. The number of hydrogen-bond donors (Lipinski definition) is 0. The van der Waals surface area contributed by atoms with Gasteiger partial charge in [-0.05, 0) is 37.3 Å². The summed E-state index contributed by atoms with van der Waals surface area (Å²) in [5.74, 6) is -0.370. The molecule has 0 aliphatic heterocycles. The first-order valence-electron chi connectivity index (χ1n) is 9.00. The summed E-state index contributed by atoms with van der Waals surface area (Å²) >= 11 is 0. The van der Waals surface area contributed by atoms with Crippen LogP contribution in [0, 0.1) is 12.7 Å². The van der Waals surface area contributed by atoms with Crippen molar-refractivity contribution in [2.45, 2.75) is 13.5 Å². The van der Waals surface area contributed by atoms with Crippen molar-refractivity contribution in [1.29, 1.82) is 0 Å². The minimum absolute atomic E-state index is 0.0126. The fraction of sp³-hybridized carbons (Fsp3) is 0.250. The third-order valence-corrected chi connectivity index (χ3v) is 5.48. The summed E-state index contributed by atoms with van der Waals surface area (Å²) in [4.78, 5) is 18.2. The van der Waals surface area contributed by atoms with E-state index in [0.717, 1.165) is 33.8 Å². The number of halogens is 1. The summed E-state index contributed by atoms with van der Waals surface area (Å²) < 4.78 is 43.6. The largest absolute Gasteiger partial charge is 0.337 e. The maximum absolute atomic E-state index is 13.2. The molecule has 2 aromatic carbocycles. The van der Waals surface area contributed by atoms with Crippen LogP contribution in [-0.4, -0.2) is 49.2 Å². The molecule has 0 unspecified atom stereocenters. The SMILES string of the molecule is Cc1cccc(-c2noc(CN(C)C(=O)CN(c3ccc(F)cc3)S(C)(=O)=O)n2)c1. The van der Waals surface area contributed by atoms with Crippen LogP contribution < -0.4 is 4.31 Å². The van der Waals surface area contributed by atoms with Gasteiger partial charge in [-0.25, -0.2) is 12.8 Å². The average molecular weight is 432 g/mol. The molecule has 3 aromatic rings. The Morgan fingerprint density at radius 2 is 1.87 bits per heavy atom. The zero-order valence-corrected chi connectivity index (χ0v) is 17.6. The van der Waals surface area contributed by atoms with Crippen LogP contribution >= 0.6 is 0 Å². The molecule has 0 saturated carbocycles. The third-order valence-electron chi connectivity index (χ3n) is 4.34. The van der Waals surface area contributed by atoms with E-state index < -0.39 is 28.3 Å². The molecule has 1 amide bonds. The van der Waals surface area contributed by atoms with Gasteiger partial charge in [0.05, 0.1) is 18.5 Å². The lowest BCUT2D eigenvalue weighted by atomic mass is 10.1. The molecule has 0 saturated heterocycles. The first-order valence-corrected chi connectivity index (χ1v) is 10.8. The topological polar surface area (TPSA) is 96.6 Å². The molecule has 8 nitrogen and oxygen atoms in total. The van der Waals surface area contributed by atoms with Gasteiger partial charge in [-0.2, -0.15) is 4.98 Å². The Labute approximate surface area is 174 Å². The van der Waals surface area contributed by atoms with E-state index in [-0.39, 0.29) is 18.1 Å². The van der Waals surface area contributed by atoms with Crippen LogP contribution in [0.15, 0.2) is 53.1 Å². The van der Waals surface area contributed by atoms with Gasteiger partial charge in [-0.3, -0.25) is 9.10 Å². The number of aryl methyl sites for hydroxylation is 1. The Morgan fingerprint density at radius 3 is 2.50 bits per heavy atom. The second-order valence-corrected chi connectivity index (χ2v) is 8.78. The van der Waals surface area contributed by atoms with Gasteiger partial charge in [0.2, 0.25) is 27.6 Å². The monoisotopic (exact) mass is 432 g/mol. The van der Waals surface area contributed by atoms with Crippen molar-refractivity contribution >= 4 is 21.6 Å². The second kappa shape index (κ2) is 8.62. The summed E-state index contributed by atoms with van der Waals surface area (Å²) in [5, 5.41) is 3.93. The molecule has 1 heterocycles. The molecule has 158 valence electrons. The number of hydrogen-bond acceptors (Lipinski definition) is 6. The van der Waals surface area contributed by atoms with Gasteiger partial charge >= 0.3 is 0 Å². The number of anilines is 1. The molecule has 0 bridgehead atoms. The highest BCUT2D eigenvalue weighted by atomic mass is 32.2. The van der Waals surface area contributed by atoms with Crippen LogP contribution in [-0.2, 0) is 21.4 Å². The second-order valence-electron chi connectivity index (χ2n) is 6.88. The molecule has 0 aliphatic rings. The minimum Gasteiger partial charge on any atom is -0.337 e. The molecule has 1 aromatic heterocycles. The highest BCUT2D eigenvalue weighted by molar-refractivity contribution is 7.92. The molecule has 0 aliphatic carbocycles. The molecule has 0 radical (unpaired) electrons.